The number of fused-ring (bicyclic) bond motifs is 1. The lowest BCUT2D eigenvalue weighted by Crippen LogP contribution is -2.55. The Bertz CT molecular complexity index is 1380. The molecule has 3 aromatic rings. The molecule has 3 atom stereocenters. The summed E-state index contributed by atoms with van der Waals surface area (Å²) in [6.45, 7) is 10.3. The van der Waals surface area contributed by atoms with Crippen molar-refractivity contribution in [1.82, 2.24) is 24.7 Å². The Morgan fingerprint density at radius 1 is 1.10 bits per heavy atom. The lowest BCUT2D eigenvalue weighted by atomic mass is 9.79. The Labute approximate surface area is 238 Å². The number of anilines is 1. The van der Waals surface area contributed by atoms with E-state index >= 15 is 0 Å². The SMILES string of the molecule is CCCC(c1nc2ccc(N3CCC(c4cccc(O)c4)(N(C)C)CC3)cc2c(=O)n1C)N1C[C@@H](C)N[C@@H](C)C1. The van der Waals surface area contributed by atoms with Crippen LogP contribution in [0.2, 0.25) is 0 Å². The molecule has 0 radical (unpaired) electrons. The van der Waals surface area contributed by atoms with Gasteiger partial charge in [-0.15, -0.1) is 0 Å². The monoisotopic (exact) mass is 546 g/mol. The molecular weight excluding hydrogens is 500 g/mol. The van der Waals surface area contributed by atoms with Crippen molar-refractivity contribution in [3.8, 4) is 5.75 Å². The average molecular weight is 547 g/mol. The van der Waals surface area contributed by atoms with Crippen LogP contribution in [0.15, 0.2) is 47.3 Å². The van der Waals surface area contributed by atoms with Crippen molar-refractivity contribution in [3.63, 3.8) is 0 Å². The fourth-order valence-corrected chi connectivity index (χ4v) is 7.07. The topological polar surface area (TPSA) is 76.9 Å². The van der Waals surface area contributed by atoms with Crippen LogP contribution >= 0.6 is 0 Å². The molecule has 216 valence electrons. The van der Waals surface area contributed by atoms with E-state index in [0.29, 0.717) is 23.2 Å². The predicted octanol–water partition coefficient (Wildman–Crippen LogP) is 4.22. The number of aromatic nitrogens is 2. The minimum atomic E-state index is -0.133. The molecule has 0 bridgehead atoms. The van der Waals surface area contributed by atoms with Gasteiger partial charge >= 0.3 is 0 Å². The predicted molar refractivity (Wildman–Crippen MR) is 163 cm³/mol. The maximum Gasteiger partial charge on any atom is 0.261 e. The van der Waals surface area contributed by atoms with E-state index in [-0.39, 0.29) is 17.1 Å². The molecule has 40 heavy (non-hydrogen) atoms. The van der Waals surface area contributed by atoms with Gasteiger partial charge in [0.25, 0.3) is 5.56 Å². The van der Waals surface area contributed by atoms with Gasteiger partial charge in [-0.1, -0.05) is 25.5 Å². The zero-order valence-electron chi connectivity index (χ0n) is 25.0. The Morgan fingerprint density at radius 2 is 1.80 bits per heavy atom. The van der Waals surface area contributed by atoms with Crippen LogP contribution < -0.4 is 15.8 Å². The molecular formula is C32H46N6O2. The van der Waals surface area contributed by atoms with Gasteiger partial charge < -0.3 is 15.3 Å². The highest BCUT2D eigenvalue weighted by molar-refractivity contribution is 5.82. The van der Waals surface area contributed by atoms with Crippen molar-refractivity contribution in [1.29, 1.82) is 0 Å². The number of aromatic hydroxyl groups is 1. The number of nitrogens with zero attached hydrogens (tertiary/aromatic N) is 5. The minimum Gasteiger partial charge on any atom is -0.508 e. The summed E-state index contributed by atoms with van der Waals surface area (Å²) in [5.41, 5.74) is 2.89. The smallest absolute Gasteiger partial charge is 0.261 e. The molecule has 2 aliphatic heterocycles. The highest BCUT2D eigenvalue weighted by Gasteiger charge is 2.38. The third kappa shape index (κ3) is 5.37. The van der Waals surface area contributed by atoms with Crippen molar-refractivity contribution < 1.29 is 5.11 Å². The van der Waals surface area contributed by atoms with Crippen LogP contribution in [0.4, 0.5) is 5.69 Å². The van der Waals surface area contributed by atoms with E-state index < -0.39 is 0 Å². The molecule has 2 saturated heterocycles. The summed E-state index contributed by atoms with van der Waals surface area (Å²) in [7, 11) is 6.13. The van der Waals surface area contributed by atoms with E-state index in [1.807, 2.05) is 31.3 Å². The first-order valence-corrected chi connectivity index (χ1v) is 14.9. The van der Waals surface area contributed by atoms with Gasteiger partial charge in [-0.25, -0.2) is 4.98 Å². The molecule has 5 rings (SSSR count). The number of phenolic OH excluding ortho intramolecular Hbond substituents is 1. The maximum atomic E-state index is 13.8. The second-order valence-electron chi connectivity index (χ2n) is 12.2. The van der Waals surface area contributed by atoms with Crippen LogP contribution in [0.5, 0.6) is 5.75 Å². The van der Waals surface area contributed by atoms with E-state index in [0.717, 1.165) is 74.5 Å². The summed E-state index contributed by atoms with van der Waals surface area (Å²) in [4.78, 5) is 26.0. The van der Waals surface area contributed by atoms with Gasteiger partial charge in [-0.3, -0.25) is 19.2 Å². The van der Waals surface area contributed by atoms with Gasteiger partial charge in [-0.2, -0.15) is 0 Å². The van der Waals surface area contributed by atoms with Gasteiger partial charge in [0.2, 0.25) is 0 Å². The van der Waals surface area contributed by atoms with Crippen LogP contribution in [0, 0.1) is 0 Å². The molecule has 2 N–H and O–H groups in total. The van der Waals surface area contributed by atoms with Crippen LogP contribution in [0.1, 0.15) is 63.9 Å². The van der Waals surface area contributed by atoms with Crippen molar-refractivity contribution >= 4 is 16.6 Å². The zero-order chi connectivity index (χ0) is 28.6. The molecule has 2 aromatic carbocycles. The summed E-state index contributed by atoms with van der Waals surface area (Å²) in [5, 5.41) is 14.4. The van der Waals surface area contributed by atoms with Gasteiger partial charge in [0.1, 0.15) is 11.6 Å². The van der Waals surface area contributed by atoms with E-state index in [1.54, 1.807) is 10.6 Å². The lowest BCUT2D eigenvalue weighted by molar-refractivity contribution is 0.109. The molecule has 3 heterocycles. The van der Waals surface area contributed by atoms with Gasteiger partial charge in [-0.05, 0) is 83.1 Å². The number of hydrogen-bond acceptors (Lipinski definition) is 7. The second-order valence-corrected chi connectivity index (χ2v) is 12.2. The third-order valence-electron chi connectivity index (χ3n) is 9.18. The fraction of sp³-hybridized carbons (Fsp3) is 0.562. The van der Waals surface area contributed by atoms with Crippen LogP contribution in [-0.4, -0.2) is 76.8 Å². The van der Waals surface area contributed by atoms with Crippen molar-refractivity contribution in [3.05, 3.63) is 64.2 Å². The Kier molecular flexibility index (Phi) is 8.22. The van der Waals surface area contributed by atoms with Crippen molar-refractivity contribution in [2.75, 3.05) is 45.2 Å². The highest BCUT2D eigenvalue weighted by atomic mass is 16.3. The molecule has 8 nitrogen and oxygen atoms in total. The number of hydrogen-bond donors (Lipinski definition) is 2. The number of rotatable bonds is 7. The number of piperazine rings is 1. The number of piperidine rings is 1. The summed E-state index contributed by atoms with van der Waals surface area (Å²) in [5.74, 6) is 1.17. The Morgan fingerprint density at radius 3 is 2.42 bits per heavy atom. The minimum absolute atomic E-state index is 0.0265. The van der Waals surface area contributed by atoms with Gasteiger partial charge in [0.15, 0.2) is 0 Å². The summed E-state index contributed by atoms with van der Waals surface area (Å²) in [6, 6.07) is 14.8. The largest absolute Gasteiger partial charge is 0.508 e. The maximum absolute atomic E-state index is 13.8. The van der Waals surface area contributed by atoms with E-state index in [9.17, 15) is 9.90 Å². The summed E-state index contributed by atoms with van der Waals surface area (Å²) < 4.78 is 1.79. The first-order chi connectivity index (χ1) is 19.1. The number of nitrogens with one attached hydrogen (secondary N) is 1. The van der Waals surface area contributed by atoms with Crippen LogP contribution in [0.3, 0.4) is 0 Å². The second kappa shape index (κ2) is 11.5. The summed E-state index contributed by atoms with van der Waals surface area (Å²) >= 11 is 0. The summed E-state index contributed by atoms with van der Waals surface area (Å²) in [6.07, 6.45) is 3.87. The molecule has 1 unspecified atom stereocenters. The molecule has 0 aliphatic carbocycles. The highest BCUT2D eigenvalue weighted by Crippen LogP contribution is 2.40. The lowest BCUT2D eigenvalue weighted by Gasteiger charge is -2.47. The molecule has 0 saturated carbocycles. The van der Waals surface area contributed by atoms with Gasteiger partial charge in [0, 0.05) is 56.5 Å². The Hall–Kier alpha value is -2.94. The first-order valence-electron chi connectivity index (χ1n) is 14.9. The molecule has 8 heteroatoms. The standard InChI is InChI=1S/C32H46N6O2/c1-7-9-29(38-20-22(2)33-23(3)21-38)30-34-28-13-12-25(19-27(28)31(40)36(30)6)37-16-14-32(15-17-37,35(4)5)24-10-8-11-26(39)18-24/h8,10-13,18-19,22-23,29,33,39H,7,9,14-17,20-21H2,1-6H3/t22-,23+,29?. The molecule has 0 spiro atoms. The number of benzene rings is 2. The first kappa shape index (κ1) is 28.6. The van der Waals surface area contributed by atoms with Crippen LogP contribution in [0.25, 0.3) is 10.9 Å². The fourth-order valence-electron chi connectivity index (χ4n) is 7.07. The van der Waals surface area contributed by atoms with E-state index in [2.05, 4.69) is 67.0 Å². The molecule has 2 aliphatic rings. The quantitative estimate of drug-likeness (QED) is 0.460. The normalized spacial score (nSPS) is 22.6. The average Bonchev–Trinajstić information content (AvgIpc) is 2.93. The van der Waals surface area contributed by atoms with Crippen molar-refractivity contribution in [2.24, 2.45) is 7.05 Å². The van der Waals surface area contributed by atoms with Crippen LogP contribution in [-0.2, 0) is 12.6 Å². The number of phenols is 1. The zero-order valence-corrected chi connectivity index (χ0v) is 25.0. The molecule has 1 aromatic heterocycles. The molecule has 0 amide bonds. The van der Waals surface area contributed by atoms with E-state index in [1.165, 1.54) is 0 Å². The third-order valence-corrected chi connectivity index (χ3v) is 9.18. The van der Waals surface area contributed by atoms with Gasteiger partial charge in [0.05, 0.1) is 16.9 Å². The van der Waals surface area contributed by atoms with Crippen molar-refractivity contribution in [2.45, 2.75) is 70.1 Å². The molecule has 2 fully saturated rings. The Balaban J connectivity index is 1.42. The van der Waals surface area contributed by atoms with E-state index in [4.69, 9.17) is 4.98 Å².